The van der Waals surface area contributed by atoms with Gasteiger partial charge in [-0.05, 0) is 50.2 Å². The summed E-state index contributed by atoms with van der Waals surface area (Å²) in [6.07, 6.45) is 9.33. The second-order valence-corrected chi connectivity index (χ2v) is 5.90. The molecule has 1 aromatic rings. The number of rotatable bonds is 4. The molecule has 1 saturated carbocycles. The molecule has 0 bridgehead atoms. The predicted molar refractivity (Wildman–Crippen MR) is 84.3 cm³/mol. The van der Waals surface area contributed by atoms with Crippen LogP contribution < -0.4 is 10.1 Å². The average molecular weight is 285 g/mol. The molecule has 1 aromatic carbocycles. The summed E-state index contributed by atoms with van der Waals surface area (Å²) in [6, 6.07) is 7.65. The molecule has 0 spiro atoms. The molecular formula is C18H23NO2. The first-order valence-corrected chi connectivity index (χ1v) is 8.00. The number of para-hydroxylation sites is 2. The van der Waals surface area contributed by atoms with Crippen molar-refractivity contribution in [1.82, 2.24) is 0 Å². The van der Waals surface area contributed by atoms with Crippen LogP contribution in [0.15, 0.2) is 36.4 Å². The van der Waals surface area contributed by atoms with Gasteiger partial charge in [0.15, 0.2) is 0 Å². The molecule has 3 atom stereocenters. The highest BCUT2D eigenvalue weighted by molar-refractivity contribution is 5.96. The van der Waals surface area contributed by atoms with Gasteiger partial charge < -0.3 is 10.1 Å². The Bertz CT molecular complexity index is 538. The average Bonchev–Trinajstić information content (AvgIpc) is 3.12. The Kier molecular flexibility index (Phi) is 4.28. The first-order valence-electron chi connectivity index (χ1n) is 8.00. The Labute approximate surface area is 126 Å². The first-order chi connectivity index (χ1) is 10.3. The number of allylic oxidation sites excluding steroid dienone is 2. The molecule has 0 saturated heterocycles. The molecule has 1 fully saturated rings. The zero-order chi connectivity index (χ0) is 14.7. The van der Waals surface area contributed by atoms with Crippen LogP contribution >= 0.6 is 0 Å². The molecule has 0 heterocycles. The molecule has 21 heavy (non-hydrogen) atoms. The summed E-state index contributed by atoms with van der Waals surface area (Å²) in [5.41, 5.74) is 0.785. The second-order valence-electron chi connectivity index (χ2n) is 5.90. The summed E-state index contributed by atoms with van der Waals surface area (Å²) in [6.45, 7) is 2.55. The zero-order valence-corrected chi connectivity index (χ0v) is 12.5. The maximum Gasteiger partial charge on any atom is 0.228 e. The maximum absolute atomic E-state index is 12.5. The minimum Gasteiger partial charge on any atom is -0.492 e. The van der Waals surface area contributed by atoms with Crippen LogP contribution in [0.25, 0.3) is 0 Å². The third-order valence-corrected chi connectivity index (χ3v) is 4.49. The van der Waals surface area contributed by atoms with Gasteiger partial charge in [-0.25, -0.2) is 0 Å². The number of ether oxygens (including phenoxy) is 1. The summed E-state index contributed by atoms with van der Waals surface area (Å²) in [5, 5.41) is 3.06. The number of hydrogen-bond donors (Lipinski definition) is 1. The van der Waals surface area contributed by atoms with Gasteiger partial charge in [0.05, 0.1) is 12.3 Å². The van der Waals surface area contributed by atoms with Crippen LogP contribution in [0.1, 0.15) is 32.6 Å². The van der Waals surface area contributed by atoms with Gasteiger partial charge in [0.25, 0.3) is 0 Å². The minimum atomic E-state index is 0.142. The van der Waals surface area contributed by atoms with E-state index in [-0.39, 0.29) is 11.8 Å². The number of benzene rings is 1. The Morgan fingerprint density at radius 2 is 2.19 bits per heavy atom. The van der Waals surface area contributed by atoms with Gasteiger partial charge in [0.2, 0.25) is 5.91 Å². The van der Waals surface area contributed by atoms with Crippen molar-refractivity contribution in [3.05, 3.63) is 36.4 Å². The standard InChI is InChI=1S/C18H23NO2/c1-2-21-16-12-8-7-11-15(16)19-18(20)17-13-9-5-3-4-6-10-14(13)17/h5,7-9,11-14,17H,2-4,6,10H2,1H3,(H,19,20)/t13-,14-,17-/m0/s1. The van der Waals surface area contributed by atoms with E-state index in [1.807, 2.05) is 31.2 Å². The highest BCUT2D eigenvalue weighted by Gasteiger charge is 2.52. The number of carbonyl (C=O) groups excluding carboxylic acids is 1. The Morgan fingerprint density at radius 3 is 3.05 bits per heavy atom. The van der Waals surface area contributed by atoms with Gasteiger partial charge in [-0.15, -0.1) is 0 Å². The molecule has 2 aliphatic carbocycles. The van der Waals surface area contributed by atoms with Crippen molar-refractivity contribution in [2.75, 3.05) is 11.9 Å². The fraction of sp³-hybridized carbons (Fsp3) is 0.500. The first kappa shape index (κ1) is 14.2. The Hall–Kier alpha value is -1.77. The van der Waals surface area contributed by atoms with E-state index in [1.54, 1.807) is 0 Å². The van der Waals surface area contributed by atoms with Crippen LogP contribution in [-0.2, 0) is 4.79 Å². The van der Waals surface area contributed by atoms with Gasteiger partial charge in [-0.1, -0.05) is 30.7 Å². The van der Waals surface area contributed by atoms with Crippen molar-refractivity contribution in [3.63, 3.8) is 0 Å². The van der Waals surface area contributed by atoms with E-state index < -0.39 is 0 Å². The topological polar surface area (TPSA) is 38.3 Å². The van der Waals surface area contributed by atoms with Crippen molar-refractivity contribution in [1.29, 1.82) is 0 Å². The van der Waals surface area contributed by atoms with E-state index in [0.29, 0.717) is 18.4 Å². The fourth-order valence-corrected chi connectivity index (χ4v) is 3.37. The molecule has 0 aliphatic heterocycles. The number of carbonyl (C=O) groups is 1. The van der Waals surface area contributed by atoms with E-state index in [4.69, 9.17) is 4.74 Å². The maximum atomic E-state index is 12.5. The molecule has 0 unspecified atom stereocenters. The van der Waals surface area contributed by atoms with Crippen molar-refractivity contribution in [3.8, 4) is 5.75 Å². The third kappa shape index (κ3) is 3.12. The third-order valence-electron chi connectivity index (χ3n) is 4.49. The van der Waals surface area contributed by atoms with Crippen LogP contribution in [0.4, 0.5) is 5.69 Å². The second kappa shape index (κ2) is 6.33. The molecule has 0 radical (unpaired) electrons. The van der Waals surface area contributed by atoms with Crippen LogP contribution in [0.5, 0.6) is 5.75 Å². The van der Waals surface area contributed by atoms with E-state index in [9.17, 15) is 4.79 Å². The highest BCUT2D eigenvalue weighted by atomic mass is 16.5. The van der Waals surface area contributed by atoms with E-state index in [2.05, 4.69) is 17.5 Å². The zero-order valence-electron chi connectivity index (χ0n) is 12.5. The monoisotopic (exact) mass is 285 g/mol. The normalized spacial score (nSPS) is 27.2. The fourth-order valence-electron chi connectivity index (χ4n) is 3.37. The van der Waals surface area contributed by atoms with Gasteiger partial charge >= 0.3 is 0 Å². The smallest absolute Gasteiger partial charge is 0.228 e. The molecule has 3 heteroatoms. The van der Waals surface area contributed by atoms with Crippen molar-refractivity contribution in [2.45, 2.75) is 32.6 Å². The lowest BCUT2D eigenvalue weighted by Gasteiger charge is -2.11. The van der Waals surface area contributed by atoms with Gasteiger partial charge in [0.1, 0.15) is 5.75 Å². The summed E-state index contributed by atoms with van der Waals surface area (Å²) in [4.78, 5) is 12.5. The molecule has 2 aliphatic rings. The SMILES string of the molecule is CCOc1ccccc1NC(=O)[C@H]1[C@H]2C=CCCCC[C@@H]21. The van der Waals surface area contributed by atoms with Crippen LogP contribution in [-0.4, -0.2) is 12.5 Å². The number of nitrogens with one attached hydrogen (secondary N) is 1. The Balaban J connectivity index is 1.67. The minimum absolute atomic E-state index is 0.142. The van der Waals surface area contributed by atoms with Gasteiger partial charge in [-0.3, -0.25) is 4.79 Å². The summed E-state index contributed by atoms with van der Waals surface area (Å²) in [5.74, 6) is 2.03. The number of anilines is 1. The van der Waals surface area contributed by atoms with Gasteiger partial charge in [0, 0.05) is 5.92 Å². The highest BCUT2D eigenvalue weighted by Crippen LogP contribution is 2.52. The Morgan fingerprint density at radius 1 is 1.33 bits per heavy atom. The summed E-state index contributed by atoms with van der Waals surface area (Å²) >= 11 is 0. The molecule has 3 nitrogen and oxygen atoms in total. The lowest BCUT2D eigenvalue weighted by Crippen LogP contribution is -2.16. The molecule has 112 valence electrons. The molecular weight excluding hydrogens is 262 g/mol. The van der Waals surface area contributed by atoms with E-state index >= 15 is 0 Å². The van der Waals surface area contributed by atoms with Crippen molar-refractivity contribution >= 4 is 11.6 Å². The summed E-state index contributed by atoms with van der Waals surface area (Å²) in [7, 11) is 0. The van der Waals surface area contributed by atoms with Crippen molar-refractivity contribution in [2.24, 2.45) is 17.8 Å². The predicted octanol–water partition coefficient (Wildman–Crippen LogP) is 4.02. The number of amides is 1. The van der Waals surface area contributed by atoms with Crippen LogP contribution in [0.3, 0.4) is 0 Å². The molecule has 1 N–H and O–H groups in total. The molecule has 1 amide bonds. The summed E-state index contributed by atoms with van der Waals surface area (Å²) < 4.78 is 5.57. The number of hydrogen-bond acceptors (Lipinski definition) is 2. The van der Waals surface area contributed by atoms with E-state index in [0.717, 1.165) is 17.9 Å². The number of fused-ring (bicyclic) bond motifs is 1. The largest absolute Gasteiger partial charge is 0.492 e. The lowest BCUT2D eigenvalue weighted by molar-refractivity contribution is -0.117. The molecule has 3 rings (SSSR count). The van der Waals surface area contributed by atoms with E-state index in [1.165, 1.54) is 19.3 Å². The molecule has 0 aromatic heterocycles. The quantitative estimate of drug-likeness (QED) is 0.849. The van der Waals surface area contributed by atoms with Crippen molar-refractivity contribution < 1.29 is 9.53 Å². The lowest BCUT2D eigenvalue weighted by atomic mass is 10.1. The van der Waals surface area contributed by atoms with Crippen LogP contribution in [0, 0.1) is 17.8 Å². The van der Waals surface area contributed by atoms with Gasteiger partial charge in [-0.2, -0.15) is 0 Å². The van der Waals surface area contributed by atoms with Crippen LogP contribution in [0.2, 0.25) is 0 Å².